The fourth-order valence-electron chi connectivity index (χ4n) is 0.997. The molecule has 58 valence electrons. The third kappa shape index (κ3) is 1.00. The van der Waals surface area contributed by atoms with Crippen molar-refractivity contribution in [1.29, 1.82) is 0 Å². The van der Waals surface area contributed by atoms with Gasteiger partial charge in [0.1, 0.15) is 0 Å². The first-order chi connectivity index (χ1) is 5.38. The average molecular weight is 152 g/mol. The second-order valence-electron chi connectivity index (χ2n) is 2.51. The minimum Gasteiger partial charge on any atom is -0.438 e. The second-order valence-corrected chi connectivity index (χ2v) is 2.51. The molecule has 1 aliphatic heterocycles. The summed E-state index contributed by atoms with van der Waals surface area (Å²) < 4.78 is 4.85. The van der Waals surface area contributed by atoms with E-state index in [2.05, 4.69) is 4.98 Å². The number of nitrogens with zero attached hydrogens (tertiary/aromatic N) is 2. The summed E-state index contributed by atoms with van der Waals surface area (Å²) in [4.78, 5) is 16.7. The van der Waals surface area contributed by atoms with Gasteiger partial charge in [-0.2, -0.15) is 0 Å². The first-order valence-corrected chi connectivity index (χ1v) is 3.56. The van der Waals surface area contributed by atoms with Crippen molar-refractivity contribution in [3.05, 3.63) is 18.4 Å². The summed E-state index contributed by atoms with van der Waals surface area (Å²) in [5.74, 6) is 0.290. The molecule has 2 rings (SSSR count). The molecule has 11 heavy (non-hydrogen) atoms. The number of carbonyl (C=O) groups is 1. The summed E-state index contributed by atoms with van der Waals surface area (Å²) in [6.07, 6.45) is 3.81. The van der Waals surface area contributed by atoms with Crippen LogP contribution in [-0.2, 0) is 0 Å². The minimum atomic E-state index is -0.0475. The van der Waals surface area contributed by atoms with Crippen LogP contribution in [0.25, 0.3) is 0 Å². The Morgan fingerprint density at radius 3 is 2.91 bits per heavy atom. The molecule has 1 aromatic heterocycles. The number of amides is 1. The van der Waals surface area contributed by atoms with Crippen molar-refractivity contribution < 1.29 is 9.21 Å². The van der Waals surface area contributed by atoms with Crippen LogP contribution in [-0.4, -0.2) is 28.9 Å². The van der Waals surface area contributed by atoms with Crippen molar-refractivity contribution in [3.8, 4) is 0 Å². The molecule has 0 aromatic carbocycles. The zero-order chi connectivity index (χ0) is 7.68. The third-order valence-corrected chi connectivity index (χ3v) is 1.79. The topological polar surface area (TPSA) is 46.3 Å². The van der Waals surface area contributed by atoms with Gasteiger partial charge in [-0.3, -0.25) is 4.79 Å². The maximum absolute atomic E-state index is 11.3. The lowest BCUT2D eigenvalue weighted by atomic mass is 10.2. The van der Waals surface area contributed by atoms with Crippen molar-refractivity contribution in [2.45, 2.75) is 6.42 Å². The van der Waals surface area contributed by atoms with Gasteiger partial charge in [-0.05, 0) is 6.42 Å². The van der Waals surface area contributed by atoms with Crippen LogP contribution in [0, 0.1) is 0 Å². The molecular weight excluding hydrogens is 144 g/mol. The number of oxazole rings is 1. The van der Waals surface area contributed by atoms with Gasteiger partial charge in [-0.15, -0.1) is 0 Å². The van der Waals surface area contributed by atoms with E-state index in [1.807, 2.05) is 0 Å². The normalized spacial score (nSPS) is 16.2. The van der Waals surface area contributed by atoms with Crippen molar-refractivity contribution in [3.63, 3.8) is 0 Å². The van der Waals surface area contributed by atoms with Gasteiger partial charge in [0.15, 0.2) is 6.39 Å². The molecule has 0 N–H and O–H groups in total. The summed E-state index contributed by atoms with van der Waals surface area (Å²) in [5, 5.41) is 0. The molecule has 1 aromatic rings. The van der Waals surface area contributed by atoms with Crippen LogP contribution >= 0.6 is 0 Å². The summed E-state index contributed by atoms with van der Waals surface area (Å²) >= 11 is 0. The highest BCUT2D eigenvalue weighted by molar-refractivity contribution is 5.91. The summed E-state index contributed by atoms with van der Waals surface area (Å²) in [5.41, 5.74) is 0. The maximum atomic E-state index is 11.3. The van der Waals surface area contributed by atoms with Gasteiger partial charge in [0.2, 0.25) is 5.76 Å². The molecule has 0 unspecified atom stereocenters. The van der Waals surface area contributed by atoms with Gasteiger partial charge >= 0.3 is 0 Å². The molecule has 2 heterocycles. The number of aromatic nitrogens is 1. The average Bonchev–Trinajstić information content (AvgIpc) is 2.32. The van der Waals surface area contributed by atoms with E-state index in [1.54, 1.807) is 4.90 Å². The highest BCUT2D eigenvalue weighted by Crippen LogP contribution is 2.11. The Morgan fingerprint density at radius 1 is 1.64 bits per heavy atom. The van der Waals surface area contributed by atoms with E-state index < -0.39 is 0 Å². The maximum Gasteiger partial charge on any atom is 0.291 e. The minimum absolute atomic E-state index is 0.0475. The number of hydrogen-bond donors (Lipinski definition) is 0. The largest absolute Gasteiger partial charge is 0.438 e. The fraction of sp³-hybridized carbons (Fsp3) is 0.429. The first kappa shape index (κ1) is 6.39. The molecule has 0 aliphatic carbocycles. The van der Waals surface area contributed by atoms with Gasteiger partial charge in [0.05, 0.1) is 6.20 Å². The Kier molecular flexibility index (Phi) is 1.38. The van der Waals surface area contributed by atoms with Crippen LogP contribution in [0.5, 0.6) is 0 Å². The van der Waals surface area contributed by atoms with E-state index in [-0.39, 0.29) is 5.91 Å². The number of likely N-dealkylation sites (tertiary alicyclic amines) is 1. The standard InChI is InChI=1S/C7H8N2O2/c10-7(9-2-1-3-9)6-4-8-5-11-6/h4-5H,1-3H2. The Hall–Kier alpha value is -1.32. The Morgan fingerprint density at radius 2 is 2.45 bits per heavy atom. The van der Waals surface area contributed by atoms with Crippen LogP contribution in [0.3, 0.4) is 0 Å². The lowest BCUT2D eigenvalue weighted by Crippen LogP contribution is -2.41. The Labute approximate surface area is 63.8 Å². The molecule has 0 atom stereocenters. The van der Waals surface area contributed by atoms with E-state index in [9.17, 15) is 4.79 Å². The van der Waals surface area contributed by atoms with Crippen molar-refractivity contribution in [1.82, 2.24) is 9.88 Å². The zero-order valence-electron chi connectivity index (χ0n) is 5.99. The monoisotopic (exact) mass is 152 g/mol. The fourth-order valence-corrected chi connectivity index (χ4v) is 0.997. The van der Waals surface area contributed by atoms with Crippen molar-refractivity contribution in [2.75, 3.05) is 13.1 Å². The molecule has 1 aliphatic rings. The number of rotatable bonds is 1. The Bertz CT molecular complexity index is 251. The van der Waals surface area contributed by atoms with E-state index in [0.29, 0.717) is 5.76 Å². The van der Waals surface area contributed by atoms with Crippen LogP contribution in [0.2, 0.25) is 0 Å². The predicted molar refractivity (Wildman–Crippen MR) is 37.0 cm³/mol. The number of hydrogen-bond acceptors (Lipinski definition) is 3. The van der Waals surface area contributed by atoms with Gasteiger partial charge in [0.25, 0.3) is 5.91 Å². The highest BCUT2D eigenvalue weighted by atomic mass is 16.3. The van der Waals surface area contributed by atoms with E-state index in [0.717, 1.165) is 19.5 Å². The quantitative estimate of drug-likeness (QED) is 0.589. The second kappa shape index (κ2) is 2.38. The van der Waals surface area contributed by atoms with E-state index >= 15 is 0 Å². The Balaban J connectivity index is 2.10. The molecule has 0 radical (unpaired) electrons. The molecule has 1 amide bonds. The van der Waals surface area contributed by atoms with Crippen LogP contribution in [0.15, 0.2) is 17.0 Å². The highest BCUT2D eigenvalue weighted by Gasteiger charge is 2.23. The predicted octanol–water partition coefficient (Wildman–Crippen LogP) is 0.520. The van der Waals surface area contributed by atoms with Crippen LogP contribution in [0.4, 0.5) is 0 Å². The SMILES string of the molecule is O=C(c1cnco1)N1CCC1. The molecule has 0 saturated carbocycles. The summed E-state index contributed by atoms with van der Waals surface area (Å²) in [6.45, 7) is 1.69. The number of carbonyl (C=O) groups excluding carboxylic acids is 1. The lowest BCUT2D eigenvalue weighted by Gasteiger charge is -2.29. The van der Waals surface area contributed by atoms with Gasteiger partial charge in [-0.25, -0.2) is 4.98 Å². The molecule has 0 spiro atoms. The smallest absolute Gasteiger partial charge is 0.291 e. The van der Waals surface area contributed by atoms with Crippen molar-refractivity contribution in [2.24, 2.45) is 0 Å². The first-order valence-electron chi connectivity index (χ1n) is 3.56. The van der Waals surface area contributed by atoms with Gasteiger partial charge in [-0.1, -0.05) is 0 Å². The van der Waals surface area contributed by atoms with Gasteiger partial charge in [0, 0.05) is 13.1 Å². The van der Waals surface area contributed by atoms with E-state index in [4.69, 9.17) is 4.42 Å². The van der Waals surface area contributed by atoms with E-state index in [1.165, 1.54) is 12.6 Å². The summed E-state index contributed by atoms with van der Waals surface area (Å²) in [6, 6.07) is 0. The van der Waals surface area contributed by atoms with Crippen LogP contribution in [0.1, 0.15) is 17.0 Å². The summed E-state index contributed by atoms with van der Waals surface area (Å²) in [7, 11) is 0. The van der Waals surface area contributed by atoms with Crippen LogP contribution < -0.4 is 0 Å². The molecular formula is C7H8N2O2. The third-order valence-electron chi connectivity index (χ3n) is 1.79. The zero-order valence-corrected chi connectivity index (χ0v) is 5.99. The molecule has 1 fully saturated rings. The molecule has 4 heteroatoms. The van der Waals surface area contributed by atoms with Crippen molar-refractivity contribution >= 4 is 5.91 Å². The van der Waals surface area contributed by atoms with Gasteiger partial charge < -0.3 is 9.32 Å². The molecule has 4 nitrogen and oxygen atoms in total. The molecule has 1 saturated heterocycles. The lowest BCUT2D eigenvalue weighted by molar-refractivity contribution is 0.0619. The molecule has 0 bridgehead atoms.